The molecule has 0 fully saturated rings. The van der Waals surface area contributed by atoms with Gasteiger partial charge in [0.05, 0.1) is 0 Å². The van der Waals surface area contributed by atoms with E-state index in [0.717, 1.165) is 17.3 Å². The summed E-state index contributed by atoms with van der Waals surface area (Å²) in [6, 6.07) is 6.16. The molecule has 1 aliphatic rings. The third kappa shape index (κ3) is 2.06. The minimum absolute atomic E-state index is 0.0900. The number of fused-ring (bicyclic) bond motifs is 1. The lowest BCUT2D eigenvalue weighted by molar-refractivity contribution is -0.121. The number of carbonyl (C=O) groups excluding carboxylic acids is 1. The van der Waals surface area contributed by atoms with Gasteiger partial charge in [-0.2, -0.15) is 0 Å². The molecule has 4 heteroatoms. The smallest absolute Gasteiger partial charge is 0.234 e. The molecule has 0 aromatic heterocycles. The highest BCUT2D eigenvalue weighted by Gasteiger charge is 2.25. The molecule has 1 aromatic rings. The Morgan fingerprint density at radius 3 is 3.13 bits per heavy atom. The van der Waals surface area contributed by atoms with E-state index in [1.54, 1.807) is 0 Å². The fourth-order valence-corrected chi connectivity index (χ4v) is 2.77. The van der Waals surface area contributed by atoms with E-state index >= 15 is 0 Å². The molecule has 0 bridgehead atoms. The van der Waals surface area contributed by atoms with Crippen LogP contribution in [0.3, 0.4) is 0 Å². The van der Waals surface area contributed by atoms with Gasteiger partial charge in [-0.1, -0.05) is 28.1 Å². The van der Waals surface area contributed by atoms with Crippen LogP contribution in [-0.2, 0) is 11.2 Å². The van der Waals surface area contributed by atoms with Crippen molar-refractivity contribution in [3.05, 3.63) is 33.8 Å². The summed E-state index contributed by atoms with van der Waals surface area (Å²) in [5.41, 5.74) is 4.81. The topological polar surface area (TPSA) is 55.1 Å². The van der Waals surface area contributed by atoms with Crippen LogP contribution >= 0.6 is 15.9 Å². The Hall–Kier alpha value is -0.870. The molecular formula is C11H13BrN2O. The molecule has 1 aliphatic carbocycles. The van der Waals surface area contributed by atoms with Crippen LogP contribution in [0.25, 0.3) is 0 Å². The molecule has 1 atom stereocenters. The molecule has 0 spiro atoms. The van der Waals surface area contributed by atoms with Crippen LogP contribution in [-0.4, -0.2) is 5.91 Å². The van der Waals surface area contributed by atoms with E-state index in [1.165, 1.54) is 11.1 Å². The number of hydrogen-bond donors (Lipinski definition) is 2. The summed E-state index contributed by atoms with van der Waals surface area (Å²) in [4.78, 5) is 11.2. The summed E-state index contributed by atoms with van der Waals surface area (Å²) >= 11 is 3.53. The lowest BCUT2D eigenvalue weighted by atomic mass is 9.98. The normalized spacial score (nSPS) is 18.7. The van der Waals surface area contributed by atoms with Gasteiger partial charge in [0, 0.05) is 10.9 Å². The Morgan fingerprint density at radius 1 is 1.60 bits per heavy atom. The van der Waals surface area contributed by atoms with Crippen LogP contribution in [0.15, 0.2) is 22.7 Å². The summed E-state index contributed by atoms with van der Waals surface area (Å²) < 4.78 is 1.15. The molecule has 3 N–H and O–H groups in total. The maximum Gasteiger partial charge on any atom is 0.234 e. The Morgan fingerprint density at radius 2 is 2.40 bits per heavy atom. The van der Waals surface area contributed by atoms with Crippen molar-refractivity contribution in [3.63, 3.8) is 0 Å². The molecule has 80 valence electrons. The predicted molar refractivity (Wildman–Crippen MR) is 62.2 cm³/mol. The lowest BCUT2D eigenvalue weighted by Crippen LogP contribution is -2.30. The van der Waals surface area contributed by atoms with Gasteiger partial charge in [-0.15, -0.1) is 0 Å². The van der Waals surface area contributed by atoms with Gasteiger partial charge in [0.1, 0.15) is 0 Å². The number of halogens is 1. The van der Waals surface area contributed by atoms with Crippen LogP contribution in [0.5, 0.6) is 0 Å². The molecule has 0 saturated heterocycles. The Kier molecular flexibility index (Phi) is 3.07. The van der Waals surface area contributed by atoms with Crippen LogP contribution in [0.1, 0.15) is 29.9 Å². The van der Waals surface area contributed by atoms with Crippen LogP contribution in [0, 0.1) is 0 Å². The molecular weight excluding hydrogens is 256 g/mol. The average molecular weight is 269 g/mol. The van der Waals surface area contributed by atoms with Gasteiger partial charge in [0.2, 0.25) is 5.91 Å². The summed E-state index contributed by atoms with van der Waals surface area (Å²) in [5.74, 6) is 5.32. The number of rotatable bonds is 2. The van der Waals surface area contributed by atoms with Gasteiger partial charge in [-0.25, -0.2) is 5.84 Å². The molecule has 3 nitrogen and oxygen atoms in total. The van der Waals surface area contributed by atoms with Gasteiger partial charge in [0.25, 0.3) is 0 Å². The first-order valence-corrected chi connectivity index (χ1v) is 5.78. The molecule has 2 rings (SSSR count). The first-order chi connectivity index (χ1) is 7.22. The third-order valence-corrected chi connectivity index (χ3v) is 3.67. The minimum Gasteiger partial charge on any atom is -0.294 e. The number of hydrazine groups is 1. The van der Waals surface area contributed by atoms with Crippen LogP contribution in [0.4, 0.5) is 0 Å². The van der Waals surface area contributed by atoms with Crippen molar-refractivity contribution in [1.29, 1.82) is 0 Å². The van der Waals surface area contributed by atoms with E-state index in [2.05, 4.69) is 27.4 Å². The quantitative estimate of drug-likeness (QED) is 0.489. The monoisotopic (exact) mass is 268 g/mol. The second-order valence-corrected chi connectivity index (χ2v) is 4.67. The van der Waals surface area contributed by atoms with Gasteiger partial charge in [-0.05, 0) is 36.0 Å². The predicted octanol–water partition coefficient (Wildman–Crippen LogP) is 1.86. The molecule has 0 aliphatic heterocycles. The highest BCUT2D eigenvalue weighted by Crippen LogP contribution is 2.38. The molecule has 0 heterocycles. The molecule has 0 radical (unpaired) electrons. The molecule has 15 heavy (non-hydrogen) atoms. The number of benzene rings is 1. The Bertz CT molecular complexity index is 392. The largest absolute Gasteiger partial charge is 0.294 e. The van der Waals surface area contributed by atoms with Crippen molar-refractivity contribution in [2.75, 3.05) is 0 Å². The lowest BCUT2D eigenvalue weighted by Gasteiger charge is -2.10. The van der Waals surface area contributed by atoms with Gasteiger partial charge < -0.3 is 0 Å². The third-order valence-electron chi connectivity index (χ3n) is 2.93. The number of nitrogens with two attached hydrogens (primary N) is 1. The van der Waals surface area contributed by atoms with E-state index in [-0.39, 0.29) is 5.91 Å². The van der Waals surface area contributed by atoms with E-state index in [1.807, 2.05) is 12.1 Å². The van der Waals surface area contributed by atoms with Crippen LogP contribution in [0.2, 0.25) is 0 Å². The average Bonchev–Trinajstić information content (AvgIpc) is 2.63. The standard InChI is InChI=1S/C11H13BrN2O/c12-10-3-1-2-8-7(4-5-9(8)10)6-11(15)14-13/h1-3,7H,4-6,13H2,(H,14,15). The zero-order valence-electron chi connectivity index (χ0n) is 8.29. The summed E-state index contributed by atoms with van der Waals surface area (Å²) in [6.45, 7) is 0. The summed E-state index contributed by atoms with van der Waals surface area (Å²) in [7, 11) is 0. The van der Waals surface area contributed by atoms with E-state index in [0.29, 0.717) is 12.3 Å². The Labute approximate surface area is 97.1 Å². The minimum atomic E-state index is -0.0900. The fourth-order valence-electron chi connectivity index (χ4n) is 2.19. The van der Waals surface area contributed by atoms with Gasteiger partial charge in [-0.3, -0.25) is 10.2 Å². The molecule has 0 saturated carbocycles. The zero-order valence-corrected chi connectivity index (χ0v) is 9.88. The van der Waals surface area contributed by atoms with E-state index in [9.17, 15) is 4.79 Å². The van der Waals surface area contributed by atoms with Crippen molar-refractivity contribution in [3.8, 4) is 0 Å². The van der Waals surface area contributed by atoms with Crippen LogP contribution < -0.4 is 11.3 Å². The van der Waals surface area contributed by atoms with Crippen molar-refractivity contribution in [2.45, 2.75) is 25.2 Å². The van der Waals surface area contributed by atoms with Gasteiger partial charge in [0.15, 0.2) is 0 Å². The SMILES string of the molecule is NNC(=O)CC1CCc2c(Br)cccc21. The van der Waals surface area contributed by atoms with Crippen molar-refractivity contribution in [1.82, 2.24) is 5.43 Å². The molecule has 1 amide bonds. The highest BCUT2D eigenvalue weighted by molar-refractivity contribution is 9.10. The van der Waals surface area contributed by atoms with Gasteiger partial charge >= 0.3 is 0 Å². The number of carbonyl (C=O) groups is 1. The van der Waals surface area contributed by atoms with Crippen molar-refractivity contribution >= 4 is 21.8 Å². The zero-order chi connectivity index (χ0) is 10.8. The first kappa shape index (κ1) is 10.6. The first-order valence-electron chi connectivity index (χ1n) is 4.99. The van der Waals surface area contributed by atoms with E-state index in [4.69, 9.17) is 5.84 Å². The summed E-state index contributed by atoms with van der Waals surface area (Å²) in [5, 5.41) is 0. The van der Waals surface area contributed by atoms with E-state index < -0.39 is 0 Å². The Balaban J connectivity index is 2.21. The fraction of sp³-hybridized carbons (Fsp3) is 0.364. The number of nitrogens with one attached hydrogen (secondary N) is 1. The maximum atomic E-state index is 11.2. The second kappa shape index (κ2) is 4.33. The molecule has 1 aromatic carbocycles. The number of hydrogen-bond acceptors (Lipinski definition) is 2. The van der Waals surface area contributed by atoms with Crippen molar-refractivity contribution < 1.29 is 4.79 Å². The maximum absolute atomic E-state index is 11.2. The molecule has 1 unspecified atom stereocenters. The number of amides is 1. The summed E-state index contributed by atoms with van der Waals surface area (Å²) in [6.07, 6.45) is 2.56. The second-order valence-electron chi connectivity index (χ2n) is 3.81. The van der Waals surface area contributed by atoms with Crippen molar-refractivity contribution in [2.24, 2.45) is 5.84 Å². The highest BCUT2D eigenvalue weighted by atomic mass is 79.9.